The minimum absolute atomic E-state index is 0.142. The van der Waals surface area contributed by atoms with Crippen molar-refractivity contribution in [3.63, 3.8) is 0 Å². The Kier molecular flexibility index (Phi) is 6.12. The van der Waals surface area contributed by atoms with Gasteiger partial charge in [-0.1, -0.05) is 30.0 Å². The van der Waals surface area contributed by atoms with Gasteiger partial charge in [-0.2, -0.15) is 0 Å². The Balaban J connectivity index is 1.79. The van der Waals surface area contributed by atoms with Crippen molar-refractivity contribution in [2.45, 2.75) is 23.4 Å². The third-order valence-corrected chi connectivity index (χ3v) is 5.81. The molecule has 0 aliphatic rings. The van der Waals surface area contributed by atoms with Crippen molar-refractivity contribution in [3.05, 3.63) is 39.7 Å². The Labute approximate surface area is 158 Å². The highest BCUT2D eigenvalue weighted by atomic mass is 32.2. The fourth-order valence-corrected chi connectivity index (χ4v) is 4.22. The lowest BCUT2D eigenvalue weighted by Gasteiger charge is -2.07. The van der Waals surface area contributed by atoms with E-state index in [2.05, 4.69) is 15.5 Å². The summed E-state index contributed by atoms with van der Waals surface area (Å²) in [6.07, 6.45) is 0.695. The van der Waals surface area contributed by atoms with Crippen LogP contribution < -0.4 is 10.9 Å². The van der Waals surface area contributed by atoms with Crippen molar-refractivity contribution in [1.29, 1.82) is 0 Å². The van der Waals surface area contributed by atoms with Crippen molar-refractivity contribution in [2.75, 3.05) is 25.6 Å². The Hall–Kier alpha value is -2.10. The van der Waals surface area contributed by atoms with Crippen LogP contribution in [0, 0.1) is 0 Å². The second kappa shape index (κ2) is 8.52. The number of anilines is 1. The third kappa shape index (κ3) is 4.35. The maximum absolute atomic E-state index is 11.8. The predicted molar refractivity (Wildman–Crippen MR) is 103 cm³/mol. The zero-order chi connectivity index (χ0) is 18.5. The van der Waals surface area contributed by atoms with Crippen LogP contribution in [0.3, 0.4) is 0 Å². The highest BCUT2D eigenvalue weighted by molar-refractivity contribution is 8.00. The number of nitrogens with one attached hydrogen (secondary N) is 1. The van der Waals surface area contributed by atoms with E-state index in [1.54, 1.807) is 7.11 Å². The molecule has 0 atom stereocenters. The number of phenols is 1. The number of aromatic hydroxyl groups is 1. The molecule has 0 bridgehead atoms. The lowest BCUT2D eigenvalue weighted by atomic mass is 10.1. The van der Waals surface area contributed by atoms with E-state index in [-0.39, 0.29) is 5.75 Å². The first-order chi connectivity index (χ1) is 12.6. The number of nitrogens with zero attached hydrogens (tertiary/aromatic N) is 2. The van der Waals surface area contributed by atoms with Gasteiger partial charge < -0.3 is 19.6 Å². The summed E-state index contributed by atoms with van der Waals surface area (Å²) in [5, 5.41) is 22.9. The number of ether oxygens (including phenoxy) is 1. The minimum atomic E-state index is -0.434. The number of phenolic OH excluding ortho intramolecular Hbond substituents is 1. The molecule has 1 aromatic carbocycles. The molecule has 0 fully saturated rings. The molecule has 26 heavy (non-hydrogen) atoms. The second-order valence-corrected chi connectivity index (χ2v) is 7.70. The van der Waals surface area contributed by atoms with Gasteiger partial charge in [0.1, 0.15) is 11.3 Å². The molecule has 0 saturated heterocycles. The van der Waals surface area contributed by atoms with Crippen molar-refractivity contribution in [1.82, 2.24) is 10.2 Å². The third-order valence-electron chi connectivity index (χ3n) is 3.75. The summed E-state index contributed by atoms with van der Waals surface area (Å²) in [4.78, 5) is 11.8. The van der Waals surface area contributed by atoms with E-state index >= 15 is 0 Å². The van der Waals surface area contributed by atoms with Crippen LogP contribution >= 0.6 is 23.1 Å². The van der Waals surface area contributed by atoms with Gasteiger partial charge in [0, 0.05) is 36.9 Å². The Bertz CT molecular complexity index is 955. The number of benzene rings is 1. The summed E-state index contributed by atoms with van der Waals surface area (Å²) in [7, 11) is 1.65. The molecule has 2 aromatic heterocycles. The molecule has 9 heteroatoms. The molecule has 0 saturated carbocycles. The highest BCUT2D eigenvalue weighted by Gasteiger charge is 2.12. The van der Waals surface area contributed by atoms with Crippen LogP contribution in [0.1, 0.15) is 18.1 Å². The van der Waals surface area contributed by atoms with Gasteiger partial charge in [-0.3, -0.25) is 0 Å². The van der Waals surface area contributed by atoms with Crippen LogP contribution in [-0.2, 0) is 16.9 Å². The van der Waals surface area contributed by atoms with Crippen molar-refractivity contribution >= 4 is 39.2 Å². The largest absolute Gasteiger partial charge is 0.508 e. The SMILES string of the molecule is CCc1cc2c(CSc3nnc(NCCOC)s3)cc(=O)oc2cc1O. The summed E-state index contributed by atoms with van der Waals surface area (Å²) in [5.74, 6) is 0.701. The summed E-state index contributed by atoms with van der Waals surface area (Å²) in [5.41, 5.74) is 1.62. The van der Waals surface area contributed by atoms with Gasteiger partial charge in [0.15, 0.2) is 4.34 Å². The van der Waals surface area contributed by atoms with Crippen LogP contribution in [0.2, 0.25) is 0 Å². The number of aryl methyl sites for hydroxylation is 1. The molecule has 0 aliphatic carbocycles. The van der Waals surface area contributed by atoms with Crippen LogP contribution in [0.4, 0.5) is 5.13 Å². The van der Waals surface area contributed by atoms with E-state index < -0.39 is 5.63 Å². The predicted octanol–water partition coefficient (Wildman–Crippen LogP) is 3.26. The second-order valence-electron chi connectivity index (χ2n) is 5.50. The number of rotatable bonds is 8. The zero-order valence-electron chi connectivity index (χ0n) is 14.4. The van der Waals surface area contributed by atoms with Gasteiger partial charge in [0.2, 0.25) is 5.13 Å². The van der Waals surface area contributed by atoms with Gasteiger partial charge in [-0.25, -0.2) is 4.79 Å². The minimum Gasteiger partial charge on any atom is -0.508 e. The van der Waals surface area contributed by atoms with Crippen LogP contribution in [-0.4, -0.2) is 35.6 Å². The van der Waals surface area contributed by atoms with E-state index in [4.69, 9.17) is 9.15 Å². The fraction of sp³-hybridized carbons (Fsp3) is 0.353. The molecule has 2 heterocycles. The lowest BCUT2D eigenvalue weighted by Crippen LogP contribution is -2.06. The van der Waals surface area contributed by atoms with E-state index in [1.807, 2.05) is 13.0 Å². The average molecular weight is 393 g/mol. The van der Waals surface area contributed by atoms with E-state index in [0.29, 0.717) is 30.9 Å². The number of methoxy groups -OCH3 is 1. The van der Waals surface area contributed by atoms with Crippen molar-refractivity contribution in [2.24, 2.45) is 0 Å². The van der Waals surface area contributed by atoms with E-state index in [9.17, 15) is 9.90 Å². The van der Waals surface area contributed by atoms with Crippen LogP contribution in [0.25, 0.3) is 11.0 Å². The van der Waals surface area contributed by atoms with Crippen LogP contribution in [0.15, 0.2) is 31.8 Å². The number of thioether (sulfide) groups is 1. The number of hydrogen-bond donors (Lipinski definition) is 2. The topological polar surface area (TPSA) is 97.5 Å². The Morgan fingerprint density at radius 1 is 1.31 bits per heavy atom. The Morgan fingerprint density at radius 3 is 2.92 bits per heavy atom. The maximum atomic E-state index is 11.8. The molecule has 0 amide bonds. The Morgan fingerprint density at radius 2 is 2.15 bits per heavy atom. The monoisotopic (exact) mass is 393 g/mol. The molecule has 3 aromatic rings. The van der Waals surface area contributed by atoms with Gasteiger partial charge >= 0.3 is 5.63 Å². The number of hydrogen-bond acceptors (Lipinski definition) is 9. The fourth-order valence-electron chi connectivity index (χ4n) is 2.45. The standard InChI is InChI=1S/C17H19N3O4S2/c1-3-10-6-12-11(7-15(22)24-14(12)8-13(10)21)9-25-17-20-19-16(26-17)18-4-5-23-2/h6-8,21H,3-5,9H2,1-2H3,(H,18,19). The summed E-state index contributed by atoms with van der Waals surface area (Å²) >= 11 is 2.96. The molecule has 0 radical (unpaired) electrons. The van der Waals surface area contributed by atoms with Gasteiger partial charge in [0.05, 0.1) is 6.61 Å². The van der Waals surface area contributed by atoms with Gasteiger partial charge in [0.25, 0.3) is 0 Å². The molecule has 7 nitrogen and oxygen atoms in total. The van der Waals surface area contributed by atoms with Crippen molar-refractivity contribution < 1.29 is 14.3 Å². The lowest BCUT2D eigenvalue weighted by molar-refractivity contribution is 0.211. The zero-order valence-corrected chi connectivity index (χ0v) is 16.1. The molecule has 138 valence electrons. The van der Waals surface area contributed by atoms with Gasteiger partial charge in [-0.15, -0.1) is 10.2 Å². The first-order valence-corrected chi connectivity index (χ1v) is 9.88. The molecule has 0 spiro atoms. The van der Waals surface area contributed by atoms with E-state index in [0.717, 1.165) is 26.0 Å². The number of fused-ring (bicyclic) bond motifs is 1. The quantitative estimate of drug-likeness (QED) is 0.342. The average Bonchev–Trinajstić information content (AvgIpc) is 3.07. The van der Waals surface area contributed by atoms with Gasteiger partial charge in [-0.05, 0) is 23.6 Å². The summed E-state index contributed by atoms with van der Waals surface area (Å²) < 4.78 is 11.0. The molecule has 0 unspecified atom stereocenters. The normalized spacial score (nSPS) is 11.2. The first kappa shape index (κ1) is 18.7. The smallest absolute Gasteiger partial charge is 0.336 e. The van der Waals surface area contributed by atoms with E-state index in [1.165, 1.54) is 35.2 Å². The molecule has 2 N–H and O–H groups in total. The van der Waals surface area contributed by atoms with Crippen molar-refractivity contribution in [3.8, 4) is 5.75 Å². The summed E-state index contributed by atoms with van der Waals surface area (Å²) in [6.45, 7) is 3.23. The molecule has 3 rings (SSSR count). The highest BCUT2D eigenvalue weighted by Crippen LogP contribution is 2.32. The maximum Gasteiger partial charge on any atom is 0.336 e. The van der Waals surface area contributed by atoms with Crippen LogP contribution in [0.5, 0.6) is 5.75 Å². The first-order valence-electron chi connectivity index (χ1n) is 8.08. The number of aromatic nitrogens is 2. The molecule has 0 aliphatic heterocycles. The molecular weight excluding hydrogens is 374 g/mol. The summed E-state index contributed by atoms with van der Waals surface area (Å²) in [6, 6.07) is 4.87. The molecular formula is C17H19N3O4S2.